The molecule has 8 heteroatoms. The quantitative estimate of drug-likeness (QED) is 0.506. The van der Waals surface area contributed by atoms with Gasteiger partial charge < -0.3 is 15.2 Å². The van der Waals surface area contributed by atoms with Crippen molar-refractivity contribution in [2.75, 3.05) is 13.7 Å². The molecule has 2 aromatic rings. The van der Waals surface area contributed by atoms with Crippen molar-refractivity contribution in [3.8, 4) is 11.5 Å². The van der Waals surface area contributed by atoms with Crippen LogP contribution in [0.1, 0.15) is 18.1 Å². The van der Waals surface area contributed by atoms with Gasteiger partial charge in [-0.25, -0.2) is 0 Å². The Hall–Kier alpha value is -2.84. The van der Waals surface area contributed by atoms with Crippen LogP contribution in [-0.4, -0.2) is 45.8 Å². The fraction of sp³-hybridized carbons (Fsp3) is 0.227. The Morgan fingerprint density at radius 1 is 1.27 bits per heavy atom. The molecule has 0 bridgehead atoms. The number of phenolic OH excluding ortho intramolecular Hbond substituents is 1. The summed E-state index contributed by atoms with van der Waals surface area (Å²) in [4.78, 5) is 27.3. The maximum absolute atomic E-state index is 12.9. The number of amides is 2. The first-order valence-electron chi connectivity index (χ1n) is 9.36. The number of ether oxygens (including phenoxy) is 1. The molecular weight excluding hydrogens is 420 g/mol. The number of rotatable bonds is 7. The molecule has 30 heavy (non-hydrogen) atoms. The normalized spacial score (nSPS) is 16.1. The highest BCUT2D eigenvalue weighted by molar-refractivity contribution is 8.26. The minimum Gasteiger partial charge on any atom is -0.508 e. The highest BCUT2D eigenvalue weighted by Crippen LogP contribution is 2.35. The van der Waals surface area contributed by atoms with Gasteiger partial charge in [0.1, 0.15) is 21.9 Å². The topological polar surface area (TPSA) is 78.9 Å². The van der Waals surface area contributed by atoms with Crippen LogP contribution in [0.5, 0.6) is 11.5 Å². The van der Waals surface area contributed by atoms with Gasteiger partial charge in [-0.2, -0.15) is 0 Å². The molecule has 0 aliphatic carbocycles. The van der Waals surface area contributed by atoms with Crippen LogP contribution in [0.4, 0.5) is 0 Å². The molecule has 1 fully saturated rings. The molecule has 2 amide bonds. The van der Waals surface area contributed by atoms with Gasteiger partial charge in [0.15, 0.2) is 0 Å². The molecule has 1 heterocycles. The van der Waals surface area contributed by atoms with E-state index in [0.29, 0.717) is 27.9 Å². The van der Waals surface area contributed by atoms with E-state index < -0.39 is 6.04 Å². The van der Waals surface area contributed by atoms with Gasteiger partial charge in [0.2, 0.25) is 5.91 Å². The number of benzene rings is 2. The average Bonchev–Trinajstić information content (AvgIpc) is 3.02. The van der Waals surface area contributed by atoms with E-state index >= 15 is 0 Å². The van der Waals surface area contributed by atoms with Crippen LogP contribution in [0.15, 0.2) is 53.4 Å². The second-order valence-electron chi connectivity index (χ2n) is 6.68. The fourth-order valence-electron chi connectivity index (χ4n) is 3.00. The van der Waals surface area contributed by atoms with Crippen molar-refractivity contribution in [1.82, 2.24) is 10.2 Å². The Kier molecular flexibility index (Phi) is 7.12. The summed E-state index contributed by atoms with van der Waals surface area (Å²) in [6.45, 7) is 2.08. The highest BCUT2D eigenvalue weighted by atomic mass is 32.2. The first kappa shape index (κ1) is 21.9. The van der Waals surface area contributed by atoms with Crippen LogP contribution in [0.25, 0.3) is 6.08 Å². The molecule has 1 aliphatic rings. The lowest BCUT2D eigenvalue weighted by Crippen LogP contribution is -2.47. The van der Waals surface area contributed by atoms with Crippen molar-refractivity contribution in [3.05, 3.63) is 64.6 Å². The zero-order chi connectivity index (χ0) is 21.7. The molecule has 3 rings (SSSR count). The number of hydrogen-bond donors (Lipinski definition) is 2. The van der Waals surface area contributed by atoms with Crippen molar-refractivity contribution >= 4 is 46.2 Å². The minimum absolute atomic E-state index is 0.201. The number of methoxy groups -OCH3 is 1. The van der Waals surface area contributed by atoms with Crippen LogP contribution >= 0.6 is 24.0 Å². The number of carbonyl (C=O) groups excluding carboxylic acids is 2. The SMILES string of the molecule is COc1ccccc1C=C1SC(=S)N(C(C)C(=O)NCCc2ccc(O)cc2)C1=O. The second-order valence-corrected chi connectivity index (χ2v) is 8.35. The number of aromatic hydroxyl groups is 1. The molecule has 0 saturated carbocycles. The fourth-order valence-corrected chi connectivity index (χ4v) is 4.41. The molecule has 156 valence electrons. The van der Waals surface area contributed by atoms with E-state index in [4.69, 9.17) is 17.0 Å². The Labute approximate surface area is 184 Å². The van der Waals surface area contributed by atoms with Gasteiger partial charge in [0.25, 0.3) is 5.91 Å². The summed E-state index contributed by atoms with van der Waals surface area (Å²) in [5.41, 5.74) is 1.76. The summed E-state index contributed by atoms with van der Waals surface area (Å²) in [7, 11) is 1.57. The van der Waals surface area contributed by atoms with Gasteiger partial charge in [-0.05, 0) is 43.2 Å². The van der Waals surface area contributed by atoms with Gasteiger partial charge in [-0.15, -0.1) is 0 Å². The van der Waals surface area contributed by atoms with Crippen molar-refractivity contribution in [3.63, 3.8) is 0 Å². The molecule has 1 unspecified atom stereocenters. The monoisotopic (exact) mass is 442 g/mol. The Morgan fingerprint density at radius 2 is 1.97 bits per heavy atom. The highest BCUT2D eigenvalue weighted by Gasteiger charge is 2.38. The number of carbonyl (C=O) groups is 2. The van der Waals surface area contributed by atoms with E-state index in [0.717, 1.165) is 11.1 Å². The summed E-state index contributed by atoms with van der Waals surface area (Å²) in [5, 5.41) is 12.2. The molecule has 0 spiro atoms. The first-order valence-corrected chi connectivity index (χ1v) is 10.6. The summed E-state index contributed by atoms with van der Waals surface area (Å²) < 4.78 is 5.68. The Bertz CT molecular complexity index is 989. The molecule has 2 aromatic carbocycles. The standard InChI is InChI=1S/C22H22N2O4S2/c1-14(20(26)23-12-11-15-7-9-17(25)10-8-15)24-21(27)19(30-22(24)29)13-16-5-3-4-6-18(16)28-2/h3-10,13-14,25H,11-12H2,1-2H3,(H,23,26). The summed E-state index contributed by atoms with van der Waals surface area (Å²) in [6.07, 6.45) is 2.35. The number of nitrogens with zero attached hydrogens (tertiary/aromatic N) is 1. The molecule has 2 N–H and O–H groups in total. The number of phenols is 1. The van der Waals surface area contributed by atoms with Crippen molar-refractivity contribution < 1.29 is 19.4 Å². The largest absolute Gasteiger partial charge is 0.508 e. The van der Waals surface area contributed by atoms with Crippen LogP contribution < -0.4 is 10.1 Å². The van der Waals surface area contributed by atoms with E-state index in [9.17, 15) is 14.7 Å². The molecule has 0 radical (unpaired) electrons. The van der Waals surface area contributed by atoms with Crippen molar-refractivity contribution in [2.24, 2.45) is 0 Å². The van der Waals surface area contributed by atoms with Crippen LogP contribution in [-0.2, 0) is 16.0 Å². The van der Waals surface area contributed by atoms with Crippen LogP contribution in [0.2, 0.25) is 0 Å². The van der Waals surface area contributed by atoms with Crippen molar-refractivity contribution in [2.45, 2.75) is 19.4 Å². The third kappa shape index (κ3) is 5.01. The predicted molar refractivity (Wildman–Crippen MR) is 122 cm³/mol. The number of para-hydroxylation sites is 1. The number of thiocarbonyl (C=S) groups is 1. The van der Waals surface area contributed by atoms with E-state index in [-0.39, 0.29) is 17.6 Å². The summed E-state index contributed by atoms with van der Waals surface area (Å²) >= 11 is 6.53. The van der Waals surface area contributed by atoms with E-state index in [1.54, 1.807) is 44.4 Å². The smallest absolute Gasteiger partial charge is 0.266 e. The Balaban J connectivity index is 1.63. The lowest BCUT2D eigenvalue weighted by Gasteiger charge is -2.22. The number of nitrogens with one attached hydrogen (secondary N) is 1. The maximum Gasteiger partial charge on any atom is 0.266 e. The van der Waals surface area contributed by atoms with Crippen LogP contribution in [0.3, 0.4) is 0 Å². The maximum atomic E-state index is 12.9. The zero-order valence-corrected chi connectivity index (χ0v) is 18.3. The summed E-state index contributed by atoms with van der Waals surface area (Å²) in [5.74, 6) is 0.287. The van der Waals surface area contributed by atoms with E-state index in [1.165, 1.54) is 16.7 Å². The molecule has 1 aliphatic heterocycles. The lowest BCUT2D eigenvalue weighted by atomic mass is 10.1. The lowest BCUT2D eigenvalue weighted by molar-refractivity contribution is -0.132. The van der Waals surface area contributed by atoms with E-state index in [2.05, 4.69) is 5.32 Å². The van der Waals surface area contributed by atoms with Crippen LogP contribution in [0, 0.1) is 0 Å². The first-order chi connectivity index (χ1) is 14.4. The molecule has 6 nitrogen and oxygen atoms in total. The van der Waals surface area contributed by atoms with Gasteiger partial charge >= 0.3 is 0 Å². The molecule has 0 aromatic heterocycles. The Morgan fingerprint density at radius 3 is 2.67 bits per heavy atom. The summed E-state index contributed by atoms with van der Waals surface area (Å²) in [6, 6.07) is 13.5. The molecular formula is C22H22N2O4S2. The zero-order valence-electron chi connectivity index (χ0n) is 16.6. The average molecular weight is 443 g/mol. The minimum atomic E-state index is -0.721. The van der Waals surface area contributed by atoms with E-state index in [1.807, 2.05) is 24.3 Å². The second kappa shape index (κ2) is 9.77. The molecule has 1 atom stereocenters. The predicted octanol–water partition coefficient (Wildman–Crippen LogP) is 3.35. The van der Waals surface area contributed by atoms with Crippen molar-refractivity contribution in [1.29, 1.82) is 0 Å². The van der Waals surface area contributed by atoms with Gasteiger partial charge in [-0.1, -0.05) is 54.3 Å². The number of hydrogen-bond acceptors (Lipinski definition) is 6. The van der Waals surface area contributed by atoms with Gasteiger partial charge in [-0.3, -0.25) is 14.5 Å². The number of thioether (sulfide) groups is 1. The third-order valence-electron chi connectivity index (χ3n) is 4.67. The molecule has 1 saturated heterocycles. The third-order valence-corrected chi connectivity index (χ3v) is 6.00. The van der Waals surface area contributed by atoms with Gasteiger partial charge in [0.05, 0.1) is 12.0 Å². The van der Waals surface area contributed by atoms with Gasteiger partial charge in [0, 0.05) is 12.1 Å².